The van der Waals surface area contributed by atoms with Gasteiger partial charge in [-0.2, -0.15) is 0 Å². The lowest BCUT2D eigenvalue weighted by Crippen LogP contribution is -2.61. The number of pyridine rings is 1. The number of aromatic nitrogens is 1. The summed E-state index contributed by atoms with van der Waals surface area (Å²) in [7, 11) is 0. The number of hydrogen-bond acceptors (Lipinski definition) is 2. The normalized spacial score (nSPS) is 35.4. The highest BCUT2D eigenvalue weighted by Crippen LogP contribution is 2.55. The van der Waals surface area contributed by atoms with Crippen molar-refractivity contribution in [2.45, 2.75) is 50.5 Å². The molecule has 4 bridgehead atoms. The molecule has 0 amide bonds. The zero-order valence-electron chi connectivity index (χ0n) is 13.1. The van der Waals surface area contributed by atoms with Crippen molar-refractivity contribution in [1.29, 1.82) is 0 Å². The van der Waals surface area contributed by atoms with Crippen molar-refractivity contribution < 1.29 is 0 Å². The van der Waals surface area contributed by atoms with Gasteiger partial charge < -0.3 is 10.6 Å². The summed E-state index contributed by atoms with van der Waals surface area (Å²) in [6.45, 7) is 0.856. The van der Waals surface area contributed by atoms with Crippen LogP contribution >= 0.6 is 12.2 Å². The minimum Gasteiger partial charge on any atom is -0.362 e. The largest absolute Gasteiger partial charge is 0.362 e. The van der Waals surface area contributed by atoms with Gasteiger partial charge in [0.05, 0.1) is 0 Å². The van der Waals surface area contributed by atoms with Crippen molar-refractivity contribution in [2.24, 2.45) is 17.8 Å². The van der Waals surface area contributed by atoms with Crippen LogP contribution < -0.4 is 10.6 Å². The molecular weight excluding hydrogens is 290 g/mol. The zero-order chi connectivity index (χ0) is 15.0. The first-order valence-electron chi connectivity index (χ1n) is 8.67. The number of rotatable bonds is 4. The molecule has 2 N–H and O–H groups in total. The Bertz CT molecular complexity index is 507. The van der Waals surface area contributed by atoms with Crippen LogP contribution in [-0.4, -0.2) is 22.2 Å². The SMILES string of the molecule is S=C(NCCc1ccccn1)NC12CC3CC(CC(C3)C1)C2. The topological polar surface area (TPSA) is 37.0 Å². The average Bonchev–Trinajstić information content (AvgIpc) is 2.46. The Balaban J connectivity index is 1.29. The molecule has 4 fully saturated rings. The Hall–Kier alpha value is -1.16. The van der Waals surface area contributed by atoms with E-state index in [0.717, 1.165) is 41.5 Å². The lowest BCUT2D eigenvalue weighted by atomic mass is 9.53. The molecule has 1 aromatic rings. The molecule has 3 nitrogen and oxygen atoms in total. The van der Waals surface area contributed by atoms with Crippen LogP contribution in [0.3, 0.4) is 0 Å². The summed E-state index contributed by atoms with van der Waals surface area (Å²) in [6, 6.07) is 6.06. The smallest absolute Gasteiger partial charge is 0.166 e. The van der Waals surface area contributed by atoms with Gasteiger partial charge >= 0.3 is 0 Å². The molecule has 0 unspecified atom stereocenters. The van der Waals surface area contributed by atoms with Gasteiger partial charge in [-0.25, -0.2) is 0 Å². The first-order valence-corrected chi connectivity index (χ1v) is 9.07. The van der Waals surface area contributed by atoms with Gasteiger partial charge in [0.15, 0.2) is 5.11 Å². The number of hydrogen-bond donors (Lipinski definition) is 2. The summed E-state index contributed by atoms with van der Waals surface area (Å²) < 4.78 is 0. The number of thiocarbonyl (C=S) groups is 1. The van der Waals surface area contributed by atoms with E-state index in [0.29, 0.717) is 5.54 Å². The average molecular weight is 315 g/mol. The monoisotopic (exact) mass is 315 g/mol. The van der Waals surface area contributed by atoms with E-state index >= 15 is 0 Å². The second kappa shape index (κ2) is 5.80. The van der Waals surface area contributed by atoms with Crippen LogP contribution in [-0.2, 0) is 6.42 Å². The Morgan fingerprint density at radius 3 is 2.41 bits per heavy atom. The van der Waals surface area contributed by atoms with Crippen LogP contribution in [0.1, 0.15) is 44.2 Å². The fourth-order valence-electron chi connectivity index (χ4n) is 5.40. The van der Waals surface area contributed by atoms with E-state index in [2.05, 4.69) is 21.7 Å². The van der Waals surface area contributed by atoms with Crippen LogP contribution in [0.5, 0.6) is 0 Å². The molecule has 5 rings (SSSR count). The van der Waals surface area contributed by atoms with E-state index in [9.17, 15) is 0 Å². The van der Waals surface area contributed by atoms with Crippen LogP contribution in [0.2, 0.25) is 0 Å². The van der Waals surface area contributed by atoms with E-state index in [1.807, 2.05) is 18.3 Å². The highest BCUT2D eigenvalue weighted by molar-refractivity contribution is 7.80. The van der Waals surface area contributed by atoms with E-state index < -0.39 is 0 Å². The molecule has 0 aromatic carbocycles. The van der Waals surface area contributed by atoms with Gasteiger partial charge in [-0.1, -0.05) is 6.07 Å². The quantitative estimate of drug-likeness (QED) is 0.838. The third-order valence-electron chi connectivity index (χ3n) is 5.81. The molecule has 0 radical (unpaired) electrons. The van der Waals surface area contributed by atoms with Crippen molar-refractivity contribution in [1.82, 2.24) is 15.6 Å². The summed E-state index contributed by atoms with van der Waals surface area (Å²) in [6.07, 6.45) is 11.2. The Morgan fingerprint density at radius 2 is 1.82 bits per heavy atom. The highest BCUT2D eigenvalue weighted by atomic mass is 32.1. The Kier molecular flexibility index (Phi) is 3.81. The molecular formula is C18H25N3S. The second-order valence-corrected chi connectivity index (χ2v) is 8.06. The summed E-state index contributed by atoms with van der Waals surface area (Å²) in [5, 5.41) is 7.94. The molecule has 22 heavy (non-hydrogen) atoms. The summed E-state index contributed by atoms with van der Waals surface area (Å²) >= 11 is 5.56. The fourth-order valence-corrected chi connectivity index (χ4v) is 5.72. The standard InChI is InChI=1S/C18H25N3S/c22-17(20-6-4-16-3-1-2-5-19-16)21-18-10-13-7-14(11-18)9-15(8-13)12-18/h1-3,5,13-15H,4,6-12H2,(H2,20,21,22). The second-order valence-electron chi connectivity index (χ2n) is 7.65. The van der Waals surface area contributed by atoms with E-state index in [4.69, 9.17) is 12.2 Å². The van der Waals surface area contributed by atoms with E-state index in [1.54, 1.807) is 0 Å². The molecule has 0 spiro atoms. The van der Waals surface area contributed by atoms with Crippen LogP contribution in [0, 0.1) is 17.8 Å². The molecule has 4 saturated carbocycles. The Labute approximate surface area is 138 Å². The first-order chi connectivity index (χ1) is 10.7. The van der Waals surface area contributed by atoms with Crippen molar-refractivity contribution in [3.05, 3.63) is 30.1 Å². The lowest BCUT2D eigenvalue weighted by molar-refractivity contribution is -0.0101. The maximum Gasteiger partial charge on any atom is 0.166 e. The number of nitrogens with zero attached hydrogens (tertiary/aromatic N) is 1. The van der Waals surface area contributed by atoms with Crippen LogP contribution in [0.15, 0.2) is 24.4 Å². The maximum atomic E-state index is 5.56. The van der Waals surface area contributed by atoms with Crippen LogP contribution in [0.4, 0.5) is 0 Å². The third kappa shape index (κ3) is 2.98. The summed E-state index contributed by atoms with van der Waals surface area (Å²) in [4.78, 5) is 4.35. The summed E-state index contributed by atoms with van der Waals surface area (Å²) in [5.41, 5.74) is 1.43. The molecule has 4 aliphatic rings. The minimum absolute atomic E-state index is 0.309. The van der Waals surface area contributed by atoms with Gasteiger partial charge in [0.1, 0.15) is 0 Å². The van der Waals surface area contributed by atoms with Gasteiger partial charge in [0, 0.05) is 30.4 Å². The van der Waals surface area contributed by atoms with E-state index in [1.165, 1.54) is 38.5 Å². The molecule has 0 aliphatic heterocycles. The van der Waals surface area contributed by atoms with Gasteiger partial charge in [0.2, 0.25) is 0 Å². The van der Waals surface area contributed by atoms with Crippen LogP contribution in [0.25, 0.3) is 0 Å². The summed E-state index contributed by atoms with van der Waals surface area (Å²) in [5.74, 6) is 2.86. The van der Waals surface area contributed by atoms with Crippen molar-refractivity contribution >= 4 is 17.3 Å². The maximum absolute atomic E-state index is 5.56. The van der Waals surface area contributed by atoms with Gasteiger partial charge in [-0.05, 0) is 80.6 Å². The molecule has 0 saturated heterocycles. The lowest BCUT2D eigenvalue weighted by Gasteiger charge is -2.57. The predicted octanol–water partition coefficient (Wildman–Crippen LogP) is 3.06. The fraction of sp³-hybridized carbons (Fsp3) is 0.667. The molecule has 1 aromatic heterocycles. The molecule has 0 atom stereocenters. The Morgan fingerprint density at radius 1 is 1.14 bits per heavy atom. The van der Waals surface area contributed by atoms with E-state index in [-0.39, 0.29) is 0 Å². The molecule has 4 aliphatic carbocycles. The number of nitrogens with one attached hydrogen (secondary N) is 2. The predicted molar refractivity (Wildman–Crippen MR) is 92.6 cm³/mol. The molecule has 1 heterocycles. The molecule has 4 heteroatoms. The first kappa shape index (κ1) is 14.4. The van der Waals surface area contributed by atoms with Crippen molar-refractivity contribution in [2.75, 3.05) is 6.54 Å². The molecule has 118 valence electrons. The highest BCUT2D eigenvalue weighted by Gasteiger charge is 2.51. The third-order valence-corrected chi connectivity index (χ3v) is 6.06. The van der Waals surface area contributed by atoms with Crippen molar-refractivity contribution in [3.63, 3.8) is 0 Å². The van der Waals surface area contributed by atoms with Gasteiger partial charge in [-0.15, -0.1) is 0 Å². The van der Waals surface area contributed by atoms with Crippen molar-refractivity contribution in [3.8, 4) is 0 Å². The van der Waals surface area contributed by atoms with Gasteiger partial charge in [-0.3, -0.25) is 4.98 Å². The zero-order valence-corrected chi connectivity index (χ0v) is 13.9. The van der Waals surface area contributed by atoms with Gasteiger partial charge in [0.25, 0.3) is 0 Å². The minimum atomic E-state index is 0.309.